The van der Waals surface area contributed by atoms with Gasteiger partial charge >= 0.3 is 0 Å². The van der Waals surface area contributed by atoms with Gasteiger partial charge in [0, 0.05) is 60.8 Å². The molecule has 0 saturated heterocycles. The number of hydrogen-bond donors (Lipinski definition) is 5. The van der Waals surface area contributed by atoms with Gasteiger partial charge < -0.3 is 38.4 Å². The second kappa shape index (κ2) is 32.9. The number of H-pyrrole nitrogens is 3. The lowest BCUT2D eigenvalue weighted by Crippen LogP contribution is -2.08. The van der Waals surface area contributed by atoms with Crippen LogP contribution in [-0.2, 0) is 50.5 Å². The van der Waals surface area contributed by atoms with Crippen molar-refractivity contribution >= 4 is 125 Å². The van der Waals surface area contributed by atoms with Crippen molar-refractivity contribution in [1.82, 2.24) is 58.1 Å². The molecule has 0 radical (unpaired) electrons. The quantitative estimate of drug-likeness (QED) is 0.0287. The molecule has 340 valence electrons. The Labute approximate surface area is 413 Å². The highest BCUT2D eigenvalue weighted by Crippen LogP contribution is 2.59. The Morgan fingerprint density at radius 2 is 1.21 bits per heavy atom. The Balaban J connectivity index is 0.000000740. The van der Waals surface area contributed by atoms with Crippen LogP contribution in [0.5, 0.6) is 0 Å². The highest BCUT2D eigenvalue weighted by Gasteiger charge is 2.10. The Bertz CT molecular complexity index is 2220. The number of nitrogens with zero attached hydrogens (tertiary/aromatic N) is 9. The molecule has 5 N–H and O–H groups in total. The third-order valence-corrected chi connectivity index (χ3v) is 9.94. The van der Waals surface area contributed by atoms with Crippen LogP contribution in [0.1, 0.15) is 69.3 Å². The van der Waals surface area contributed by atoms with Crippen molar-refractivity contribution in [2.45, 2.75) is 105 Å². The number of thioether (sulfide) groups is 1. The minimum atomic E-state index is -0.183. The van der Waals surface area contributed by atoms with E-state index in [0.717, 1.165) is 54.3 Å². The summed E-state index contributed by atoms with van der Waals surface area (Å²) in [5.41, 5.74) is 4.73. The number of aliphatic hydroxyl groups excluding tert-OH is 2. The standard InChI is InChI=1S/C11H13ClN4OS.C6H8BrClN2.C6H9ClN2O.C6H10N2O.C5H6N2OS.CH4.Br3P/c1-3-16-6-13-10(12)8(16)5-18-11-14-7(2)4-9(17)15-11;1-2-10-4-9-6(8)5(10)3-7;1-2-9-4-8-6(7)5(9)3-10;1-2-8-5-7-3-6(8)4-9;1-3-2-4(8)7-5(9)6-3;;1-4(2)3/h4,6H,3,5H2,1-2H3,(H,14,15,17);4H,2-3H2,1H3;4,10H,2-3H2,1H3;3,5,9H,2,4H2,1H3;2H,1H3,(H2,6,7,8,9);1H4;. The molecule has 0 aliphatic rings. The van der Waals surface area contributed by atoms with Gasteiger partial charge in [-0.25, -0.2) is 24.9 Å². The molecule has 0 amide bonds. The van der Waals surface area contributed by atoms with Gasteiger partial charge in [-0.2, -0.15) is 0 Å². The van der Waals surface area contributed by atoms with Crippen molar-refractivity contribution in [2.75, 3.05) is 0 Å². The zero-order chi connectivity index (χ0) is 45.4. The summed E-state index contributed by atoms with van der Waals surface area (Å²) in [6, 6.07) is 2.92. The van der Waals surface area contributed by atoms with E-state index < -0.39 is 0 Å². The van der Waals surface area contributed by atoms with Crippen molar-refractivity contribution in [3.63, 3.8) is 0 Å². The first-order chi connectivity index (χ1) is 28.5. The molecule has 0 aromatic carbocycles. The summed E-state index contributed by atoms with van der Waals surface area (Å²) in [6.45, 7) is 15.1. The number of nitrogens with one attached hydrogen (secondary N) is 3. The van der Waals surface area contributed by atoms with E-state index in [1.54, 1.807) is 45.4 Å². The third-order valence-electron chi connectivity index (χ3n) is 7.37. The maximum absolute atomic E-state index is 11.3. The molecule has 26 heteroatoms. The second-order valence-electron chi connectivity index (χ2n) is 11.4. The van der Waals surface area contributed by atoms with Crippen LogP contribution < -0.4 is 11.1 Å². The van der Waals surface area contributed by atoms with Crippen LogP contribution in [-0.4, -0.2) is 68.4 Å². The molecule has 16 nitrogen and oxygen atoms in total. The lowest BCUT2D eigenvalue weighted by Gasteiger charge is -2.05. The molecule has 6 heterocycles. The average Bonchev–Trinajstić information content (AvgIpc) is 3.99. The van der Waals surface area contributed by atoms with E-state index >= 15 is 0 Å². The van der Waals surface area contributed by atoms with E-state index in [0.29, 0.717) is 42.5 Å². The number of aromatic nitrogens is 12. The summed E-state index contributed by atoms with van der Waals surface area (Å²) in [7, 11) is 0. The Morgan fingerprint density at radius 1 is 0.738 bits per heavy atom. The number of aromatic amines is 3. The van der Waals surface area contributed by atoms with Gasteiger partial charge in [-0.15, -0.1) is 0 Å². The van der Waals surface area contributed by atoms with Crippen LogP contribution in [0.2, 0.25) is 15.5 Å². The highest BCUT2D eigenvalue weighted by atomic mass is 80.0. The first-order valence-corrected chi connectivity index (χ1v) is 28.7. The number of rotatable bonds is 10. The molecule has 0 fully saturated rings. The summed E-state index contributed by atoms with van der Waals surface area (Å²) < 4.78 is 7.89. The Kier molecular flexibility index (Phi) is 32.0. The number of aliphatic hydroxyl groups is 2. The molecule has 61 heavy (non-hydrogen) atoms. The molecule has 0 bridgehead atoms. The lowest BCUT2D eigenvalue weighted by molar-refractivity contribution is 0.271. The summed E-state index contributed by atoms with van der Waals surface area (Å²) in [5, 5.41) is 20.3. The first-order valence-electron chi connectivity index (χ1n) is 17.6. The van der Waals surface area contributed by atoms with Crippen molar-refractivity contribution < 1.29 is 10.2 Å². The van der Waals surface area contributed by atoms with Crippen LogP contribution >= 0.6 is 125 Å². The summed E-state index contributed by atoms with van der Waals surface area (Å²) in [6.07, 6.45) is 8.46. The van der Waals surface area contributed by atoms with E-state index in [9.17, 15) is 9.59 Å². The number of imidazole rings is 4. The highest BCUT2D eigenvalue weighted by molar-refractivity contribution is 9.93. The molecule has 0 spiro atoms. The second-order valence-corrected chi connectivity index (χ2v) is 29.7. The van der Waals surface area contributed by atoms with Gasteiger partial charge in [0.1, 0.15) is 4.03 Å². The molecule has 6 aromatic heterocycles. The van der Waals surface area contributed by atoms with E-state index in [1.807, 2.05) is 39.0 Å². The largest absolute Gasteiger partial charge is 0.390 e. The van der Waals surface area contributed by atoms with Crippen molar-refractivity contribution in [1.29, 1.82) is 0 Å². The molecular formula is C35H50Br4Cl3N12O4PS2. The minimum Gasteiger partial charge on any atom is -0.390 e. The van der Waals surface area contributed by atoms with Gasteiger partial charge in [0.2, 0.25) is 0 Å². The maximum atomic E-state index is 11.3. The molecule has 6 aromatic rings. The molecule has 0 atom stereocenters. The Morgan fingerprint density at radius 3 is 1.61 bits per heavy atom. The zero-order valence-corrected chi connectivity index (χ0v) is 44.5. The fraction of sp³-hybridized carbons (Fsp3) is 0.429. The monoisotopic (exact) mass is 1220 g/mol. The number of halogens is 7. The van der Waals surface area contributed by atoms with Gasteiger partial charge in [0.15, 0.2) is 25.4 Å². The number of hydrogen-bond acceptors (Lipinski definition) is 11. The van der Waals surface area contributed by atoms with Crippen molar-refractivity contribution in [2.24, 2.45) is 0 Å². The lowest BCUT2D eigenvalue weighted by atomic mass is 10.5. The average molecular weight is 1220 g/mol. The van der Waals surface area contributed by atoms with Gasteiger partial charge in [0.25, 0.3) is 11.1 Å². The summed E-state index contributed by atoms with van der Waals surface area (Å²) in [5.74, 6) is 0.624. The van der Waals surface area contributed by atoms with Gasteiger partial charge in [0.05, 0.1) is 67.5 Å². The smallest absolute Gasteiger partial charge is 0.251 e. The first kappa shape index (κ1) is 59.3. The molecule has 0 saturated carbocycles. The molecular weight excluding hydrogens is 1170 g/mol. The zero-order valence-electron chi connectivity index (χ0n) is 33.3. The fourth-order valence-electron chi connectivity index (χ4n) is 4.51. The number of aryl methyl sites for hydroxylation is 6. The Hall–Kier alpha value is -1.69. The van der Waals surface area contributed by atoms with Crippen molar-refractivity contribution in [3.05, 3.63) is 119 Å². The normalized spacial score (nSPS) is 10.0. The molecule has 0 aliphatic heterocycles. The van der Waals surface area contributed by atoms with Gasteiger partial charge in [-0.3, -0.25) is 14.6 Å². The van der Waals surface area contributed by atoms with Gasteiger partial charge in [-0.05, 0) is 100 Å². The topological polar surface area (TPSA) is 206 Å². The molecule has 0 unspecified atom stereocenters. The van der Waals surface area contributed by atoms with E-state index in [2.05, 4.69) is 121 Å². The van der Waals surface area contributed by atoms with Crippen molar-refractivity contribution in [3.8, 4) is 0 Å². The minimum absolute atomic E-state index is 0. The predicted molar refractivity (Wildman–Crippen MR) is 268 cm³/mol. The SMILES string of the molecule is BrP(Br)Br.C.CCn1cnc(Cl)c1CBr.CCn1cnc(Cl)c1CO.CCn1cnc(Cl)c1CSc1nc(C)cc(=O)[nH]1.CCn1cncc1CO.Cc1cc(=O)[nH]c(=S)[nH]1. The fourth-order valence-corrected chi connectivity index (χ4v) is 7.21. The van der Waals surface area contributed by atoms with Crippen LogP contribution in [0.15, 0.2) is 58.4 Å². The van der Waals surface area contributed by atoms with Crippen LogP contribution in [0.25, 0.3) is 0 Å². The van der Waals surface area contributed by atoms with Crippen LogP contribution in [0, 0.1) is 18.6 Å². The third kappa shape index (κ3) is 22.7. The number of alkyl halides is 1. The maximum Gasteiger partial charge on any atom is 0.251 e. The molecule has 0 aliphatic carbocycles. The van der Waals surface area contributed by atoms with Crippen LogP contribution in [0.3, 0.4) is 0 Å². The summed E-state index contributed by atoms with van der Waals surface area (Å²) in [4.78, 5) is 49.7. The predicted octanol–water partition coefficient (Wildman–Crippen LogP) is 10.9. The summed E-state index contributed by atoms with van der Waals surface area (Å²) >= 11 is 36.4. The van der Waals surface area contributed by atoms with Gasteiger partial charge in [-0.1, -0.05) is 69.9 Å². The van der Waals surface area contributed by atoms with Crippen LogP contribution in [0.4, 0.5) is 0 Å². The van der Waals surface area contributed by atoms with E-state index in [-0.39, 0.29) is 35.8 Å². The van der Waals surface area contributed by atoms with E-state index in [4.69, 9.17) is 45.0 Å². The molecule has 6 rings (SSSR count). The van der Waals surface area contributed by atoms with E-state index in [1.165, 1.54) is 23.9 Å².